The van der Waals surface area contributed by atoms with Crippen molar-refractivity contribution in [1.29, 1.82) is 0 Å². The summed E-state index contributed by atoms with van der Waals surface area (Å²) in [6.45, 7) is 0. The first-order valence-corrected chi connectivity index (χ1v) is 6.62. The van der Waals surface area contributed by atoms with Crippen LogP contribution in [0, 0.1) is 3.57 Å². The molecule has 2 aromatic heterocycles. The van der Waals surface area contributed by atoms with Crippen LogP contribution in [0.5, 0.6) is 5.75 Å². The van der Waals surface area contributed by atoms with Crippen LogP contribution in [0.3, 0.4) is 0 Å². The molecule has 0 radical (unpaired) electrons. The molecule has 0 saturated carbocycles. The molecule has 0 fully saturated rings. The van der Waals surface area contributed by atoms with E-state index < -0.39 is 5.56 Å². The Morgan fingerprint density at radius 3 is 2.89 bits per heavy atom. The zero-order chi connectivity index (χ0) is 13.6. The standard InChI is InChI=1S/C11H6ClIN4O2/c12-6-2-8-5(1-7(6)13)10(18)9(11(19)16-8)17-4-14-3-15-17/h1-4H,(H2,16,18,19). The van der Waals surface area contributed by atoms with Gasteiger partial charge >= 0.3 is 0 Å². The summed E-state index contributed by atoms with van der Waals surface area (Å²) in [5.74, 6) is -0.154. The van der Waals surface area contributed by atoms with Gasteiger partial charge in [0.2, 0.25) is 0 Å². The Bertz CT molecular complexity index is 829. The van der Waals surface area contributed by atoms with Gasteiger partial charge in [0.1, 0.15) is 12.7 Å². The first-order chi connectivity index (χ1) is 9.08. The van der Waals surface area contributed by atoms with Crippen LogP contribution in [0.15, 0.2) is 29.6 Å². The van der Waals surface area contributed by atoms with E-state index in [4.69, 9.17) is 11.6 Å². The zero-order valence-corrected chi connectivity index (χ0v) is 12.2. The molecule has 96 valence electrons. The van der Waals surface area contributed by atoms with Gasteiger partial charge in [-0.25, -0.2) is 9.67 Å². The molecule has 0 spiro atoms. The van der Waals surface area contributed by atoms with Crippen molar-refractivity contribution in [2.75, 3.05) is 0 Å². The van der Waals surface area contributed by atoms with Crippen molar-refractivity contribution in [2.45, 2.75) is 0 Å². The van der Waals surface area contributed by atoms with Crippen molar-refractivity contribution in [2.24, 2.45) is 0 Å². The lowest BCUT2D eigenvalue weighted by Crippen LogP contribution is -2.15. The van der Waals surface area contributed by atoms with Crippen molar-refractivity contribution >= 4 is 45.1 Å². The van der Waals surface area contributed by atoms with E-state index in [9.17, 15) is 9.90 Å². The third-order valence-electron chi connectivity index (χ3n) is 2.65. The maximum atomic E-state index is 12.0. The van der Waals surface area contributed by atoms with E-state index in [1.54, 1.807) is 12.1 Å². The van der Waals surface area contributed by atoms with Gasteiger partial charge < -0.3 is 10.1 Å². The van der Waals surface area contributed by atoms with Crippen LogP contribution < -0.4 is 5.56 Å². The number of hydrogen-bond acceptors (Lipinski definition) is 4. The van der Waals surface area contributed by atoms with Crippen LogP contribution in [0.2, 0.25) is 5.02 Å². The molecule has 3 aromatic rings. The number of aromatic amines is 1. The van der Waals surface area contributed by atoms with Gasteiger partial charge in [0.05, 0.1) is 10.5 Å². The average Bonchev–Trinajstić information content (AvgIpc) is 2.86. The van der Waals surface area contributed by atoms with Gasteiger partial charge in [0, 0.05) is 8.96 Å². The molecule has 3 rings (SSSR count). The number of pyridine rings is 1. The minimum atomic E-state index is -0.465. The monoisotopic (exact) mass is 388 g/mol. The summed E-state index contributed by atoms with van der Waals surface area (Å²) < 4.78 is 1.99. The SMILES string of the molecule is O=c1[nH]c2cc(Cl)c(I)cc2c(O)c1-n1cncn1. The number of aromatic nitrogens is 4. The lowest BCUT2D eigenvalue weighted by atomic mass is 10.2. The maximum Gasteiger partial charge on any atom is 0.278 e. The molecule has 2 heterocycles. The van der Waals surface area contributed by atoms with Crippen LogP contribution >= 0.6 is 34.2 Å². The van der Waals surface area contributed by atoms with Gasteiger partial charge in [-0.1, -0.05) is 11.6 Å². The van der Waals surface area contributed by atoms with E-state index in [1.165, 1.54) is 17.3 Å². The molecular formula is C11H6ClIN4O2. The van der Waals surface area contributed by atoms with Crippen molar-refractivity contribution in [1.82, 2.24) is 19.7 Å². The second-order valence-corrected chi connectivity index (χ2v) is 5.37. The normalized spacial score (nSPS) is 11.1. The summed E-state index contributed by atoms with van der Waals surface area (Å²) in [6, 6.07) is 3.30. The summed E-state index contributed by atoms with van der Waals surface area (Å²) in [6.07, 6.45) is 2.63. The predicted molar refractivity (Wildman–Crippen MR) is 78.9 cm³/mol. The highest BCUT2D eigenvalue weighted by atomic mass is 127. The third-order valence-corrected chi connectivity index (χ3v) is 4.18. The summed E-state index contributed by atoms with van der Waals surface area (Å²) in [5, 5.41) is 15.1. The van der Waals surface area contributed by atoms with E-state index in [1.807, 2.05) is 0 Å². The number of hydrogen-bond donors (Lipinski definition) is 2. The number of H-pyrrole nitrogens is 1. The lowest BCUT2D eigenvalue weighted by Gasteiger charge is -2.08. The number of nitrogens with zero attached hydrogens (tertiary/aromatic N) is 3. The van der Waals surface area contributed by atoms with Crippen molar-refractivity contribution in [3.05, 3.63) is 43.7 Å². The molecule has 0 atom stereocenters. The minimum absolute atomic E-state index is 0.0307. The van der Waals surface area contributed by atoms with Gasteiger partial charge in [0.25, 0.3) is 5.56 Å². The molecular weight excluding hydrogens is 383 g/mol. The van der Waals surface area contributed by atoms with E-state index >= 15 is 0 Å². The summed E-state index contributed by atoms with van der Waals surface area (Å²) >= 11 is 8.05. The van der Waals surface area contributed by atoms with E-state index in [0.717, 1.165) is 3.57 Å². The van der Waals surface area contributed by atoms with Crippen LogP contribution in [0.4, 0.5) is 0 Å². The molecule has 2 N–H and O–H groups in total. The fraction of sp³-hybridized carbons (Fsp3) is 0. The van der Waals surface area contributed by atoms with Crippen LogP contribution in [-0.2, 0) is 0 Å². The zero-order valence-electron chi connectivity index (χ0n) is 9.26. The highest BCUT2D eigenvalue weighted by Gasteiger charge is 2.15. The Hall–Kier alpha value is -1.61. The first kappa shape index (κ1) is 12.4. The molecule has 6 nitrogen and oxygen atoms in total. The van der Waals surface area contributed by atoms with Crippen LogP contribution in [0.1, 0.15) is 0 Å². The van der Waals surface area contributed by atoms with Gasteiger partial charge in [-0.15, -0.1) is 0 Å². The molecule has 0 saturated heterocycles. The number of halogens is 2. The molecule has 0 amide bonds. The second kappa shape index (κ2) is 4.49. The maximum absolute atomic E-state index is 12.0. The van der Waals surface area contributed by atoms with Crippen molar-refractivity contribution < 1.29 is 5.11 Å². The molecule has 0 bridgehead atoms. The molecule has 1 aromatic carbocycles. The average molecular weight is 389 g/mol. The topological polar surface area (TPSA) is 83.8 Å². The lowest BCUT2D eigenvalue weighted by molar-refractivity contribution is 0.475. The Morgan fingerprint density at radius 1 is 1.42 bits per heavy atom. The molecule has 8 heteroatoms. The minimum Gasteiger partial charge on any atom is -0.505 e. The van der Waals surface area contributed by atoms with Crippen LogP contribution in [-0.4, -0.2) is 24.9 Å². The Balaban J connectivity index is 2.43. The molecule has 0 aliphatic carbocycles. The van der Waals surface area contributed by atoms with Gasteiger partial charge in [-0.2, -0.15) is 5.10 Å². The summed E-state index contributed by atoms with van der Waals surface area (Å²) in [5.41, 5.74) is 0.0349. The Morgan fingerprint density at radius 2 is 2.21 bits per heavy atom. The largest absolute Gasteiger partial charge is 0.505 e. The smallest absolute Gasteiger partial charge is 0.278 e. The second-order valence-electron chi connectivity index (χ2n) is 3.80. The highest BCUT2D eigenvalue weighted by Crippen LogP contribution is 2.31. The predicted octanol–water partition coefficient (Wildman–Crippen LogP) is 2.07. The first-order valence-electron chi connectivity index (χ1n) is 5.17. The Kier molecular flexibility index (Phi) is 2.94. The van der Waals surface area contributed by atoms with Crippen molar-refractivity contribution in [3.8, 4) is 11.4 Å². The fourth-order valence-electron chi connectivity index (χ4n) is 1.80. The molecule has 19 heavy (non-hydrogen) atoms. The summed E-state index contributed by atoms with van der Waals surface area (Å²) in [4.78, 5) is 18.4. The van der Waals surface area contributed by atoms with Gasteiger partial charge in [-0.3, -0.25) is 4.79 Å². The quantitative estimate of drug-likeness (QED) is 0.625. The number of fused-ring (bicyclic) bond motifs is 1. The number of rotatable bonds is 1. The molecule has 0 unspecified atom stereocenters. The number of nitrogens with one attached hydrogen (secondary N) is 1. The van der Waals surface area contributed by atoms with E-state index in [0.29, 0.717) is 15.9 Å². The molecule has 0 aliphatic rings. The fourth-order valence-corrected chi connectivity index (χ4v) is 2.43. The Labute approximate surface area is 125 Å². The number of benzene rings is 1. The van der Waals surface area contributed by atoms with Crippen LogP contribution in [0.25, 0.3) is 16.6 Å². The third kappa shape index (κ3) is 1.98. The number of aromatic hydroxyl groups is 1. The van der Waals surface area contributed by atoms with Gasteiger partial charge in [0.15, 0.2) is 11.4 Å². The van der Waals surface area contributed by atoms with Crippen molar-refractivity contribution in [3.63, 3.8) is 0 Å². The highest BCUT2D eigenvalue weighted by molar-refractivity contribution is 14.1. The van der Waals surface area contributed by atoms with E-state index in [-0.39, 0.29) is 11.4 Å². The van der Waals surface area contributed by atoms with Gasteiger partial charge in [-0.05, 0) is 34.7 Å². The van der Waals surface area contributed by atoms with E-state index in [2.05, 4.69) is 37.7 Å². The summed E-state index contributed by atoms with van der Waals surface area (Å²) in [7, 11) is 0. The molecule has 0 aliphatic heterocycles.